The maximum atomic E-state index is 12.2. The van der Waals surface area contributed by atoms with Crippen molar-refractivity contribution in [2.24, 2.45) is 0 Å². The summed E-state index contributed by atoms with van der Waals surface area (Å²) in [6.07, 6.45) is 10.6. The van der Waals surface area contributed by atoms with Gasteiger partial charge in [0.25, 0.3) is 0 Å². The van der Waals surface area contributed by atoms with E-state index in [1.54, 1.807) is 44.1 Å². The molecule has 0 bridgehead atoms. The Morgan fingerprint density at radius 3 is 2.09 bits per heavy atom. The molecule has 292 valence electrons. The normalized spacial score (nSPS) is 12.3. The Labute approximate surface area is 317 Å². The first-order chi connectivity index (χ1) is 25.2. The summed E-state index contributed by atoms with van der Waals surface area (Å²) < 4.78 is 10.2. The lowest BCUT2D eigenvalue weighted by Gasteiger charge is -2.39. The van der Waals surface area contributed by atoms with Gasteiger partial charge in [-0.25, -0.2) is 0 Å². The van der Waals surface area contributed by atoms with Crippen LogP contribution in [0.25, 0.3) is 11.1 Å². The average Bonchev–Trinajstić information content (AvgIpc) is 3.44. The molecule has 2 aromatic rings. The van der Waals surface area contributed by atoms with E-state index in [2.05, 4.69) is 72.7 Å². The fourth-order valence-electron chi connectivity index (χ4n) is 5.66. The standard InChI is InChI=1S/C17H34N2O3.C15H14O.C11H15NO3/c1-7-9-11-18-14(20)13-16(3,4)19(15(21)8-2)12-10-17(5,6)22;1-16-10-15-13-8-4-2-6-11(13)12-7-3-5-9-14(12)15;1-3-5-6-10(4-2)8-15-11(14)7-12-9-13/h22H,7-13H2,1-6H3,(H,18,20);2-9,15H,10H2,1H3;3-6,9H,1,7-8H2,2H3,(H,12,13)/b;;6-5-,10-4+. The van der Waals surface area contributed by atoms with Crippen molar-refractivity contribution < 1.29 is 33.8 Å². The lowest BCUT2D eigenvalue weighted by molar-refractivity contribution is -0.142. The van der Waals surface area contributed by atoms with Crippen molar-refractivity contribution in [3.05, 3.63) is 96.1 Å². The van der Waals surface area contributed by atoms with E-state index in [1.807, 2.05) is 33.8 Å². The first-order valence-corrected chi connectivity index (χ1v) is 18.4. The van der Waals surface area contributed by atoms with Gasteiger partial charge in [0, 0.05) is 44.5 Å². The van der Waals surface area contributed by atoms with Crippen molar-refractivity contribution >= 4 is 24.2 Å². The topological polar surface area (TPSA) is 134 Å². The van der Waals surface area contributed by atoms with Crippen LogP contribution in [0, 0.1) is 0 Å². The first kappa shape index (κ1) is 46.5. The van der Waals surface area contributed by atoms with Crippen LogP contribution in [-0.2, 0) is 28.7 Å². The van der Waals surface area contributed by atoms with E-state index in [4.69, 9.17) is 9.47 Å². The van der Waals surface area contributed by atoms with Crippen molar-refractivity contribution in [3.63, 3.8) is 0 Å². The summed E-state index contributed by atoms with van der Waals surface area (Å²) in [6, 6.07) is 17.2. The van der Waals surface area contributed by atoms with E-state index < -0.39 is 17.1 Å². The monoisotopic (exact) mass is 733 g/mol. The molecular formula is C43H63N3O7. The number of benzene rings is 2. The molecule has 53 heavy (non-hydrogen) atoms. The molecule has 0 aromatic heterocycles. The van der Waals surface area contributed by atoms with Crippen LogP contribution in [0.15, 0.2) is 85.0 Å². The number of esters is 1. The van der Waals surface area contributed by atoms with E-state index >= 15 is 0 Å². The molecule has 10 heteroatoms. The van der Waals surface area contributed by atoms with E-state index in [-0.39, 0.29) is 31.4 Å². The third kappa shape index (κ3) is 17.2. The Morgan fingerprint density at radius 1 is 1.00 bits per heavy atom. The molecule has 0 atom stereocenters. The van der Waals surface area contributed by atoms with Crippen LogP contribution in [-0.4, -0.2) is 85.3 Å². The number of carbonyl (C=O) groups excluding carboxylic acids is 4. The second kappa shape index (κ2) is 24.7. The summed E-state index contributed by atoms with van der Waals surface area (Å²) in [5.74, 6) is -0.0860. The second-order valence-corrected chi connectivity index (χ2v) is 14.0. The average molecular weight is 734 g/mol. The fourth-order valence-corrected chi connectivity index (χ4v) is 5.66. The molecule has 0 heterocycles. The van der Waals surface area contributed by atoms with Gasteiger partial charge in [-0.05, 0) is 75.3 Å². The highest BCUT2D eigenvalue weighted by atomic mass is 16.5. The van der Waals surface area contributed by atoms with Crippen molar-refractivity contribution in [2.45, 2.75) is 97.6 Å². The molecule has 3 rings (SSSR count). The molecule has 1 aliphatic rings. The number of fused-ring (bicyclic) bond motifs is 3. The quantitative estimate of drug-likeness (QED) is 0.0621. The Balaban J connectivity index is 0.000000406. The predicted molar refractivity (Wildman–Crippen MR) is 213 cm³/mol. The number of rotatable bonds is 19. The molecule has 0 saturated heterocycles. The van der Waals surface area contributed by atoms with Gasteiger partial charge in [0.2, 0.25) is 18.2 Å². The van der Waals surface area contributed by atoms with Gasteiger partial charge in [-0.3, -0.25) is 19.2 Å². The van der Waals surface area contributed by atoms with Crippen LogP contribution >= 0.6 is 0 Å². The fraction of sp³-hybridized carbons (Fsp3) is 0.488. The molecule has 0 radical (unpaired) electrons. The molecule has 0 saturated carbocycles. The molecule has 0 unspecified atom stereocenters. The van der Waals surface area contributed by atoms with Crippen molar-refractivity contribution in [3.8, 4) is 11.1 Å². The van der Waals surface area contributed by atoms with Gasteiger partial charge in [0.1, 0.15) is 13.2 Å². The number of hydrogen-bond acceptors (Lipinski definition) is 7. The van der Waals surface area contributed by atoms with Crippen LogP contribution in [0.2, 0.25) is 0 Å². The van der Waals surface area contributed by atoms with E-state index in [0.29, 0.717) is 38.3 Å². The molecule has 1 aliphatic carbocycles. The Kier molecular flexibility index (Phi) is 21.6. The molecular weight excluding hydrogens is 670 g/mol. The smallest absolute Gasteiger partial charge is 0.325 e. The number of aliphatic hydroxyl groups is 1. The summed E-state index contributed by atoms with van der Waals surface area (Å²) >= 11 is 0. The number of nitrogens with zero attached hydrogens (tertiary/aromatic N) is 1. The summed E-state index contributed by atoms with van der Waals surface area (Å²) in [6.45, 7) is 18.5. The Morgan fingerprint density at radius 2 is 1.60 bits per heavy atom. The maximum absolute atomic E-state index is 12.2. The highest BCUT2D eigenvalue weighted by Gasteiger charge is 2.33. The minimum Gasteiger partial charge on any atom is -0.460 e. The van der Waals surface area contributed by atoms with Crippen molar-refractivity contribution in [1.29, 1.82) is 0 Å². The SMILES string of the molecule is C=C/C=C\C(=C/C)COC(=O)CNC=O.CCCCNC(=O)CC(C)(C)N(CCC(C)(C)O)C(=O)CC.COCC1c2ccccc2-c2ccccc21. The zero-order valence-corrected chi connectivity index (χ0v) is 33.2. The summed E-state index contributed by atoms with van der Waals surface area (Å²) in [5, 5.41) is 15.0. The molecule has 2 aromatic carbocycles. The van der Waals surface area contributed by atoms with Crippen molar-refractivity contribution in [2.75, 3.05) is 40.0 Å². The van der Waals surface area contributed by atoms with E-state index in [9.17, 15) is 24.3 Å². The highest BCUT2D eigenvalue weighted by Crippen LogP contribution is 2.44. The van der Waals surface area contributed by atoms with Gasteiger partial charge >= 0.3 is 5.97 Å². The lowest BCUT2D eigenvalue weighted by atomic mass is 9.95. The Bertz CT molecular complexity index is 1460. The van der Waals surface area contributed by atoms with Crippen LogP contribution in [0.4, 0.5) is 0 Å². The summed E-state index contributed by atoms with van der Waals surface area (Å²) in [5.41, 5.74) is 4.99. The van der Waals surface area contributed by atoms with Crippen LogP contribution in [0.5, 0.6) is 0 Å². The number of methoxy groups -OCH3 is 1. The zero-order valence-electron chi connectivity index (χ0n) is 33.2. The number of amides is 3. The third-order valence-corrected chi connectivity index (χ3v) is 8.57. The van der Waals surface area contributed by atoms with Crippen LogP contribution < -0.4 is 10.6 Å². The largest absolute Gasteiger partial charge is 0.460 e. The summed E-state index contributed by atoms with van der Waals surface area (Å²) in [7, 11) is 1.77. The molecule has 3 N–H and O–H groups in total. The second-order valence-electron chi connectivity index (χ2n) is 14.0. The minimum absolute atomic E-state index is 0.00982. The highest BCUT2D eigenvalue weighted by molar-refractivity contribution is 5.81. The first-order valence-electron chi connectivity index (χ1n) is 18.4. The molecule has 0 spiro atoms. The molecule has 0 aliphatic heterocycles. The third-order valence-electron chi connectivity index (χ3n) is 8.57. The lowest BCUT2D eigenvalue weighted by Crippen LogP contribution is -2.51. The van der Waals surface area contributed by atoms with Gasteiger partial charge < -0.3 is 30.1 Å². The van der Waals surface area contributed by atoms with Crippen LogP contribution in [0.3, 0.4) is 0 Å². The van der Waals surface area contributed by atoms with Crippen molar-refractivity contribution in [1.82, 2.24) is 15.5 Å². The molecule has 0 fully saturated rings. The number of ether oxygens (including phenoxy) is 2. The Hall–Kier alpha value is -4.54. The maximum Gasteiger partial charge on any atom is 0.325 e. The molecule has 10 nitrogen and oxygen atoms in total. The molecule has 3 amide bonds. The number of allylic oxidation sites excluding steroid dienone is 3. The van der Waals surface area contributed by atoms with Gasteiger partial charge in [-0.1, -0.05) is 99.7 Å². The summed E-state index contributed by atoms with van der Waals surface area (Å²) in [4.78, 5) is 46.9. The number of unbranched alkanes of at least 4 members (excludes halogenated alkanes) is 1. The van der Waals surface area contributed by atoms with Gasteiger partial charge in [-0.15, -0.1) is 0 Å². The van der Waals surface area contributed by atoms with Gasteiger partial charge in [0.15, 0.2) is 0 Å². The predicted octanol–water partition coefficient (Wildman–Crippen LogP) is 6.88. The van der Waals surface area contributed by atoms with Gasteiger partial charge in [0.05, 0.1) is 12.2 Å². The van der Waals surface area contributed by atoms with Crippen LogP contribution in [0.1, 0.15) is 97.6 Å². The zero-order chi connectivity index (χ0) is 39.9. The number of carbonyl (C=O) groups is 4. The number of nitrogens with one attached hydrogen (secondary N) is 2. The van der Waals surface area contributed by atoms with Gasteiger partial charge in [-0.2, -0.15) is 0 Å². The number of hydrogen-bond donors (Lipinski definition) is 3. The van der Waals surface area contributed by atoms with E-state index in [1.165, 1.54) is 22.3 Å². The minimum atomic E-state index is -0.828. The van der Waals surface area contributed by atoms with E-state index in [0.717, 1.165) is 25.0 Å².